The molecule has 3 aromatic rings. The zero-order valence-electron chi connectivity index (χ0n) is 18.4. The number of halogens is 2. The van der Waals surface area contributed by atoms with Crippen molar-refractivity contribution in [1.29, 1.82) is 0 Å². The van der Waals surface area contributed by atoms with Gasteiger partial charge in [-0.25, -0.2) is 4.98 Å². The van der Waals surface area contributed by atoms with Crippen LogP contribution >= 0.6 is 23.2 Å². The molecule has 6 heteroatoms. The van der Waals surface area contributed by atoms with Crippen molar-refractivity contribution in [3.05, 3.63) is 93.1 Å². The Morgan fingerprint density at radius 2 is 1.81 bits per heavy atom. The Bertz CT molecular complexity index is 1120. The normalized spacial score (nSPS) is 15.9. The van der Waals surface area contributed by atoms with Crippen LogP contribution in [-0.4, -0.2) is 28.4 Å². The van der Waals surface area contributed by atoms with Crippen molar-refractivity contribution < 1.29 is 9.53 Å². The second-order valence-electron chi connectivity index (χ2n) is 9.13. The summed E-state index contributed by atoms with van der Waals surface area (Å²) in [6.07, 6.45) is 2.56. The van der Waals surface area contributed by atoms with E-state index in [1.165, 1.54) is 5.56 Å². The number of ether oxygens (including phenoxy) is 1. The minimum atomic E-state index is -0.129. The quantitative estimate of drug-likeness (QED) is 0.448. The predicted molar refractivity (Wildman–Crippen MR) is 129 cm³/mol. The van der Waals surface area contributed by atoms with Gasteiger partial charge in [-0.1, -0.05) is 74.3 Å². The fraction of sp³-hybridized carbons (Fsp3) is 0.308. The number of carbonyl (C=O) groups excluding carboxylic acids is 1. The van der Waals surface area contributed by atoms with E-state index in [4.69, 9.17) is 27.9 Å². The van der Waals surface area contributed by atoms with Crippen LogP contribution in [0.4, 0.5) is 0 Å². The summed E-state index contributed by atoms with van der Waals surface area (Å²) >= 11 is 12.2. The van der Waals surface area contributed by atoms with Crippen LogP contribution in [-0.2, 0) is 18.4 Å². The Hall–Kier alpha value is -2.56. The van der Waals surface area contributed by atoms with Gasteiger partial charge in [-0.15, -0.1) is 0 Å². The number of aromatic nitrogens is 1. The van der Waals surface area contributed by atoms with Gasteiger partial charge in [-0.2, -0.15) is 0 Å². The average molecular weight is 469 g/mol. The summed E-state index contributed by atoms with van der Waals surface area (Å²) < 4.78 is 6.04. The second-order valence-corrected chi connectivity index (χ2v) is 9.95. The van der Waals surface area contributed by atoms with Crippen LogP contribution < -0.4 is 4.74 Å². The Labute approximate surface area is 199 Å². The van der Waals surface area contributed by atoms with E-state index >= 15 is 0 Å². The number of nitrogens with zero attached hydrogens (tertiary/aromatic N) is 2. The number of hydrogen-bond acceptors (Lipinski definition) is 3. The minimum absolute atomic E-state index is 0.0294. The Kier molecular flexibility index (Phi) is 6.45. The van der Waals surface area contributed by atoms with E-state index in [1.807, 2.05) is 35.4 Å². The number of amides is 1. The van der Waals surface area contributed by atoms with Crippen LogP contribution in [0.2, 0.25) is 10.0 Å². The number of carbonyl (C=O) groups is 1. The number of pyridine rings is 1. The molecule has 1 atom stereocenters. The molecule has 2 aromatic carbocycles. The van der Waals surface area contributed by atoms with Gasteiger partial charge in [0.15, 0.2) is 0 Å². The first-order chi connectivity index (χ1) is 15.2. The zero-order valence-corrected chi connectivity index (χ0v) is 20.0. The molecule has 1 aromatic heterocycles. The van der Waals surface area contributed by atoms with Crippen molar-refractivity contribution in [3.8, 4) is 5.88 Å². The molecule has 2 heterocycles. The second kappa shape index (κ2) is 9.13. The lowest BCUT2D eigenvalue weighted by atomic mass is 9.88. The largest absolute Gasteiger partial charge is 0.475 e. The van der Waals surface area contributed by atoms with Crippen LogP contribution in [0.5, 0.6) is 5.88 Å². The van der Waals surface area contributed by atoms with E-state index in [0.29, 0.717) is 41.1 Å². The van der Waals surface area contributed by atoms with Gasteiger partial charge in [0.25, 0.3) is 5.91 Å². The van der Waals surface area contributed by atoms with E-state index in [2.05, 4.69) is 37.9 Å². The molecule has 0 fully saturated rings. The monoisotopic (exact) mass is 468 g/mol. The first-order valence-electron chi connectivity index (χ1n) is 10.6. The van der Waals surface area contributed by atoms with Crippen molar-refractivity contribution in [2.75, 3.05) is 6.61 Å². The molecule has 0 spiro atoms. The lowest BCUT2D eigenvalue weighted by molar-refractivity contribution is 0.0562. The van der Waals surface area contributed by atoms with Gasteiger partial charge in [-0.05, 0) is 46.7 Å². The SMILES string of the molecule is CC(C)(C)c1ccc(OC[C@@H]2Cc3ccccc3CN2C(=O)c2ccc(Cl)c(Cl)c2)nc1. The summed E-state index contributed by atoms with van der Waals surface area (Å²) in [7, 11) is 0. The summed E-state index contributed by atoms with van der Waals surface area (Å²) in [5.41, 5.74) is 4.06. The number of benzene rings is 2. The predicted octanol–water partition coefficient (Wildman–Crippen LogP) is 6.33. The van der Waals surface area contributed by atoms with Crippen molar-refractivity contribution >= 4 is 29.1 Å². The maximum Gasteiger partial charge on any atom is 0.254 e. The molecule has 4 rings (SSSR count). The lowest BCUT2D eigenvalue weighted by Crippen LogP contribution is -2.47. The van der Waals surface area contributed by atoms with Gasteiger partial charge in [0.1, 0.15) is 6.61 Å². The highest BCUT2D eigenvalue weighted by Gasteiger charge is 2.31. The summed E-state index contributed by atoms with van der Waals surface area (Å²) in [5, 5.41) is 0.794. The topological polar surface area (TPSA) is 42.4 Å². The molecule has 4 nitrogen and oxygen atoms in total. The van der Waals surface area contributed by atoms with Gasteiger partial charge in [0.05, 0.1) is 16.1 Å². The average Bonchev–Trinajstić information content (AvgIpc) is 2.78. The molecule has 1 aliphatic heterocycles. The molecule has 1 aliphatic rings. The standard InChI is InChI=1S/C26H26Cl2N2O2/c1-26(2,3)20-9-11-24(29-14-20)32-16-21-12-17-6-4-5-7-19(17)15-30(21)25(31)18-8-10-22(27)23(28)13-18/h4-11,13-14,21H,12,15-16H2,1-3H3/t21-/m0/s1. The fourth-order valence-corrected chi connectivity index (χ4v) is 4.16. The van der Waals surface area contributed by atoms with Crippen molar-refractivity contribution in [2.45, 2.75) is 45.2 Å². The Morgan fingerprint density at radius 1 is 1.06 bits per heavy atom. The van der Waals surface area contributed by atoms with Crippen LogP contribution in [0, 0.1) is 0 Å². The van der Waals surface area contributed by atoms with E-state index in [1.54, 1.807) is 18.2 Å². The number of fused-ring (bicyclic) bond motifs is 1. The highest BCUT2D eigenvalue weighted by Crippen LogP contribution is 2.28. The number of hydrogen-bond donors (Lipinski definition) is 0. The van der Waals surface area contributed by atoms with Gasteiger partial charge in [0.2, 0.25) is 5.88 Å². The fourth-order valence-electron chi connectivity index (χ4n) is 3.86. The lowest BCUT2D eigenvalue weighted by Gasteiger charge is -2.37. The molecule has 0 aliphatic carbocycles. The van der Waals surface area contributed by atoms with E-state index in [-0.39, 0.29) is 17.4 Å². The molecule has 0 unspecified atom stereocenters. The molecule has 0 saturated heterocycles. The highest BCUT2D eigenvalue weighted by atomic mass is 35.5. The van der Waals surface area contributed by atoms with Gasteiger partial charge >= 0.3 is 0 Å². The minimum Gasteiger partial charge on any atom is -0.475 e. The van der Waals surface area contributed by atoms with Crippen LogP contribution in [0.3, 0.4) is 0 Å². The summed E-state index contributed by atoms with van der Waals surface area (Å²) in [5.74, 6) is 0.460. The molecular weight excluding hydrogens is 443 g/mol. The molecule has 0 saturated carbocycles. The van der Waals surface area contributed by atoms with Crippen molar-refractivity contribution in [1.82, 2.24) is 9.88 Å². The van der Waals surface area contributed by atoms with Crippen LogP contribution in [0.1, 0.15) is 47.8 Å². The third-order valence-electron chi connectivity index (χ3n) is 5.81. The molecule has 0 radical (unpaired) electrons. The summed E-state index contributed by atoms with van der Waals surface area (Å²) in [6.45, 7) is 7.31. The smallest absolute Gasteiger partial charge is 0.254 e. The van der Waals surface area contributed by atoms with Crippen molar-refractivity contribution in [2.24, 2.45) is 0 Å². The van der Waals surface area contributed by atoms with E-state index in [9.17, 15) is 4.79 Å². The third kappa shape index (κ3) is 4.92. The summed E-state index contributed by atoms with van der Waals surface area (Å²) in [4.78, 5) is 19.7. The van der Waals surface area contributed by atoms with Gasteiger partial charge < -0.3 is 9.64 Å². The highest BCUT2D eigenvalue weighted by molar-refractivity contribution is 6.42. The molecule has 1 amide bonds. The molecule has 166 valence electrons. The maximum absolute atomic E-state index is 13.4. The maximum atomic E-state index is 13.4. The van der Waals surface area contributed by atoms with Crippen LogP contribution in [0.25, 0.3) is 0 Å². The van der Waals surface area contributed by atoms with Crippen LogP contribution in [0.15, 0.2) is 60.8 Å². The van der Waals surface area contributed by atoms with Crippen molar-refractivity contribution in [3.63, 3.8) is 0 Å². The van der Waals surface area contributed by atoms with Gasteiger partial charge in [0, 0.05) is 24.4 Å². The zero-order chi connectivity index (χ0) is 22.9. The van der Waals surface area contributed by atoms with E-state index < -0.39 is 0 Å². The number of rotatable bonds is 4. The molecule has 0 N–H and O–H groups in total. The first-order valence-corrected chi connectivity index (χ1v) is 11.4. The third-order valence-corrected chi connectivity index (χ3v) is 6.55. The Balaban J connectivity index is 1.56. The first kappa shape index (κ1) is 22.6. The Morgan fingerprint density at radius 3 is 2.47 bits per heavy atom. The van der Waals surface area contributed by atoms with Gasteiger partial charge in [-0.3, -0.25) is 4.79 Å². The van der Waals surface area contributed by atoms with E-state index in [0.717, 1.165) is 11.1 Å². The molecular formula is C26H26Cl2N2O2. The molecule has 0 bridgehead atoms. The summed E-state index contributed by atoms with van der Waals surface area (Å²) in [6, 6.07) is 17.0. The molecule has 32 heavy (non-hydrogen) atoms.